The molecule has 1 heterocycles. The maximum absolute atomic E-state index is 14.0. The molecule has 8 heteroatoms. The summed E-state index contributed by atoms with van der Waals surface area (Å²) in [4.78, 5) is 19.0. The van der Waals surface area contributed by atoms with Crippen molar-refractivity contribution < 1.29 is 13.9 Å². The van der Waals surface area contributed by atoms with Crippen molar-refractivity contribution in [2.45, 2.75) is 33.2 Å². The fourth-order valence-electron chi connectivity index (χ4n) is 2.84. The zero-order chi connectivity index (χ0) is 22.8. The van der Waals surface area contributed by atoms with E-state index in [-0.39, 0.29) is 24.1 Å². The summed E-state index contributed by atoms with van der Waals surface area (Å²) in [6.45, 7) is 6.30. The molecule has 0 spiro atoms. The number of rotatable bonds is 8. The summed E-state index contributed by atoms with van der Waals surface area (Å²) in [7, 11) is 1.68. The van der Waals surface area contributed by atoms with E-state index in [4.69, 9.17) is 16.3 Å². The molecular formula is C23H26ClFN4O2. The van der Waals surface area contributed by atoms with Crippen LogP contribution < -0.4 is 9.75 Å². The lowest BCUT2D eigenvalue weighted by atomic mass is 10.1. The standard InChI is InChI=1S/C23H26ClFN4O2/c1-5-7-8-13-27-28(4)21-11-10-19(25)14-20(21)23(30)29(6-2)17(3)16-31-22-12-9-18(24)15-26-22/h9-15,17H,5-6,16H2,1-4H3/b27-13-/t17-/m0/s1. The average Bonchev–Trinajstić information content (AvgIpc) is 2.76. The number of anilines is 1. The first kappa shape index (κ1) is 24.2. The topological polar surface area (TPSA) is 58.0 Å². The Morgan fingerprint density at radius 3 is 2.77 bits per heavy atom. The van der Waals surface area contributed by atoms with Gasteiger partial charge in [0.1, 0.15) is 12.4 Å². The molecule has 6 nitrogen and oxygen atoms in total. The number of hydrazone groups is 1. The molecule has 1 atom stereocenters. The van der Waals surface area contributed by atoms with Gasteiger partial charge in [0.2, 0.25) is 5.88 Å². The lowest BCUT2D eigenvalue weighted by molar-refractivity contribution is 0.0646. The van der Waals surface area contributed by atoms with Crippen LogP contribution in [0.4, 0.5) is 10.1 Å². The van der Waals surface area contributed by atoms with Crippen LogP contribution in [0.15, 0.2) is 41.6 Å². The van der Waals surface area contributed by atoms with E-state index in [1.165, 1.54) is 35.6 Å². The van der Waals surface area contributed by atoms with Gasteiger partial charge < -0.3 is 9.64 Å². The predicted molar refractivity (Wildman–Crippen MR) is 122 cm³/mol. The van der Waals surface area contributed by atoms with Crippen molar-refractivity contribution in [2.24, 2.45) is 5.10 Å². The summed E-state index contributed by atoms with van der Waals surface area (Å²) in [6, 6.07) is 7.10. The van der Waals surface area contributed by atoms with Gasteiger partial charge in [0.05, 0.1) is 28.5 Å². The van der Waals surface area contributed by atoms with Crippen LogP contribution in [0.3, 0.4) is 0 Å². The molecule has 1 aromatic heterocycles. The monoisotopic (exact) mass is 444 g/mol. The van der Waals surface area contributed by atoms with E-state index in [1.807, 2.05) is 20.8 Å². The largest absolute Gasteiger partial charge is 0.475 e. The number of amides is 1. The molecule has 0 aliphatic heterocycles. The Morgan fingerprint density at radius 2 is 2.13 bits per heavy atom. The number of hydrogen-bond donors (Lipinski definition) is 0. The second-order valence-electron chi connectivity index (χ2n) is 6.67. The molecule has 0 unspecified atom stereocenters. The van der Waals surface area contributed by atoms with Gasteiger partial charge in [0.15, 0.2) is 0 Å². The second-order valence-corrected chi connectivity index (χ2v) is 7.11. The minimum atomic E-state index is -0.499. The van der Waals surface area contributed by atoms with Gasteiger partial charge in [-0.3, -0.25) is 9.80 Å². The summed E-state index contributed by atoms with van der Waals surface area (Å²) in [5, 5.41) is 6.23. The van der Waals surface area contributed by atoms with Crippen LogP contribution >= 0.6 is 11.6 Å². The highest BCUT2D eigenvalue weighted by Gasteiger charge is 2.24. The molecule has 164 valence electrons. The SMILES string of the molecule is CCC#C/C=N\N(C)c1ccc(F)cc1C(=O)N(CC)[C@@H](C)COc1ccc(Cl)cn1. The minimum Gasteiger partial charge on any atom is -0.475 e. The number of nitrogens with zero attached hydrogens (tertiary/aromatic N) is 4. The smallest absolute Gasteiger partial charge is 0.256 e. The van der Waals surface area contributed by atoms with Crippen molar-refractivity contribution in [2.75, 3.05) is 25.2 Å². The second kappa shape index (κ2) is 11.9. The quantitative estimate of drug-likeness (QED) is 0.338. The van der Waals surface area contributed by atoms with Gasteiger partial charge in [-0.1, -0.05) is 30.4 Å². The van der Waals surface area contributed by atoms with Crippen LogP contribution in [0, 0.1) is 17.7 Å². The maximum atomic E-state index is 14.0. The van der Waals surface area contributed by atoms with E-state index in [9.17, 15) is 9.18 Å². The summed E-state index contributed by atoms with van der Waals surface area (Å²) in [6.07, 6.45) is 3.66. The van der Waals surface area contributed by atoms with E-state index in [2.05, 4.69) is 21.9 Å². The molecule has 0 aliphatic carbocycles. The molecule has 0 N–H and O–H groups in total. The Labute approximate surface area is 187 Å². The van der Waals surface area contributed by atoms with Crippen LogP contribution in [0.2, 0.25) is 5.02 Å². The summed E-state index contributed by atoms with van der Waals surface area (Å²) >= 11 is 5.83. The van der Waals surface area contributed by atoms with Gasteiger partial charge >= 0.3 is 0 Å². The van der Waals surface area contributed by atoms with E-state index in [0.717, 1.165) is 0 Å². The lowest BCUT2D eigenvalue weighted by Gasteiger charge is -2.29. The third kappa shape index (κ3) is 6.97. The Bertz CT molecular complexity index is 970. The number of ether oxygens (including phenoxy) is 1. The molecule has 0 saturated heterocycles. The number of carbonyl (C=O) groups is 1. The van der Waals surface area contributed by atoms with Crippen molar-refractivity contribution in [3.63, 3.8) is 0 Å². The number of aromatic nitrogens is 1. The van der Waals surface area contributed by atoms with Crippen LogP contribution in [0.25, 0.3) is 0 Å². The van der Waals surface area contributed by atoms with Crippen molar-refractivity contribution in [1.29, 1.82) is 0 Å². The number of benzene rings is 1. The van der Waals surface area contributed by atoms with Gasteiger partial charge in [0, 0.05) is 32.3 Å². The summed E-state index contributed by atoms with van der Waals surface area (Å²) in [5.41, 5.74) is 0.688. The first-order valence-corrected chi connectivity index (χ1v) is 10.3. The summed E-state index contributed by atoms with van der Waals surface area (Å²) < 4.78 is 19.7. The third-order valence-electron chi connectivity index (χ3n) is 4.42. The molecule has 0 bridgehead atoms. The minimum absolute atomic E-state index is 0.210. The Morgan fingerprint density at radius 1 is 1.35 bits per heavy atom. The Kier molecular flexibility index (Phi) is 9.29. The molecule has 2 aromatic rings. The van der Waals surface area contributed by atoms with Crippen LogP contribution in [-0.4, -0.2) is 48.2 Å². The first-order valence-electron chi connectivity index (χ1n) is 9.96. The molecule has 0 saturated carbocycles. The number of pyridine rings is 1. The zero-order valence-corrected chi connectivity index (χ0v) is 18.9. The van der Waals surface area contributed by atoms with E-state index < -0.39 is 5.82 Å². The molecule has 2 rings (SSSR count). The first-order chi connectivity index (χ1) is 14.9. The molecule has 0 radical (unpaired) electrons. The van der Waals surface area contributed by atoms with Crippen molar-refractivity contribution in [3.8, 4) is 17.7 Å². The van der Waals surface area contributed by atoms with Gasteiger partial charge in [-0.05, 0) is 38.1 Å². The molecule has 1 amide bonds. The van der Waals surface area contributed by atoms with Crippen molar-refractivity contribution in [1.82, 2.24) is 9.88 Å². The van der Waals surface area contributed by atoms with Crippen molar-refractivity contribution >= 4 is 29.4 Å². The molecule has 1 aromatic carbocycles. The number of hydrogen-bond acceptors (Lipinski definition) is 5. The summed E-state index contributed by atoms with van der Waals surface area (Å²) in [5.74, 6) is 5.28. The fourth-order valence-corrected chi connectivity index (χ4v) is 2.95. The van der Waals surface area contributed by atoms with E-state index in [1.54, 1.807) is 24.1 Å². The fraction of sp³-hybridized carbons (Fsp3) is 0.348. The zero-order valence-electron chi connectivity index (χ0n) is 18.1. The van der Waals surface area contributed by atoms with Crippen molar-refractivity contribution in [3.05, 3.63) is 52.9 Å². The highest BCUT2D eigenvalue weighted by Crippen LogP contribution is 2.24. The number of halogens is 2. The predicted octanol–water partition coefficient (Wildman–Crippen LogP) is 4.64. The lowest BCUT2D eigenvalue weighted by Crippen LogP contribution is -2.42. The molecule has 0 aliphatic rings. The Balaban J connectivity index is 2.20. The van der Waals surface area contributed by atoms with Gasteiger partial charge in [-0.25, -0.2) is 9.37 Å². The van der Waals surface area contributed by atoms with E-state index >= 15 is 0 Å². The Hall–Kier alpha value is -3.11. The van der Waals surface area contributed by atoms with E-state index in [0.29, 0.717) is 29.6 Å². The molecule has 31 heavy (non-hydrogen) atoms. The molecular weight excluding hydrogens is 419 g/mol. The van der Waals surface area contributed by atoms with Crippen LogP contribution in [0.1, 0.15) is 37.6 Å². The maximum Gasteiger partial charge on any atom is 0.256 e. The van der Waals surface area contributed by atoms with Gasteiger partial charge in [0.25, 0.3) is 5.91 Å². The third-order valence-corrected chi connectivity index (χ3v) is 4.64. The normalized spacial score (nSPS) is 11.5. The van der Waals surface area contributed by atoms with Crippen LogP contribution in [-0.2, 0) is 0 Å². The highest BCUT2D eigenvalue weighted by atomic mass is 35.5. The van der Waals surface area contributed by atoms with Gasteiger partial charge in [-0.2, -0.15) is 5.10 Å². The van der Waals surface area contributed by atoms with Gasteiger partial charge in [-0.15, -0.1) is 0 Å². The highest BCUT2D eigenvalue weighted by molar-refractivity contribution is 6.30. The number of likely N-dealkylation sites (N-methyl/N-ethyl adjacent to an activating group) is 1. The average molecular weight is 445 g/mol. The number of carbonyl (C=O) groups excluding carboxylic acids is 1. The molecule has 0 fully saturated rings. The van der Waals surface area contributed by atoms with Crippen LogP contribution in [0.5, 0.6) is 5.88 Å².